The SMILES string of the molecule is CC(C)c1ccc(C(C#N)Nc2ccc(F)cc2)cc1. The summed E-state index contributed by atoms with van der Waals surface area (Å²) in [6.45, 7) is 4.26. The van der Waals surface area contributed by atoms with Crippen molar-refractivity contribution in [3.05, 3.63) is 65.5 Å². The Morgan fingerprint density at radius 3 is 2.00 bits per heavy atom. The minimum Gasteiger partial charge on any atom is -0.366 e. The van der Waals surface area contributed by atoms with Crippen LogP contribution in [0.5, 0.6) is 0 Å². The van der Waals surface area contributed by atoms with Crippen LogP contribution >= 0.6 is 0 Å². The molecule has 0 aromatic heterocycles. The van der Waals surface area contributed by atoms with Crippen molar-refractivity contribution in [2.24, 2.45) is 0 Å². The minimum atomic E-state index is -0.443. The van der Waals surface area contributed by atoms with E-state index in [1.165, 1.54) is 17.7 Å². The normalized spacial score (nSPS) is 11.9. The smallest absolute Gasteiger partial charge is 0.140 e. The Bertz CT molecular complexity index is 594. The van der Waals surface area contributed by atoms with Gasteiger partial charge in [-0.25, -0.2) is 4.39 Å². The van der Waals surface area contributed by atoms with Crippen LogP contribution in [0.3, 0.4) is 0 Å². The third-order valence-electron chi connectivity index (χ3n) is 3.22. The Kier molecular flexibility index (Phi) is 4.37. The number of nitriles is 1. The van der Waals surface area contributed by atoms with E-state index in [0.29, 0.717) is 5.92 Å². The van der Waals surface area contributed by atoms with Crippen molar-refractivity contribution in [3.63, 3.8) is 0 Å². The van der Waals surface area contributed by atoms with Crippen molar-refractivity contribution in [2.45, 2.75) is 25.8 Å². The van der Waals surface area contributed by atoms with E-state index >= 15 is 0 Å². The van der Waals surface area contributed by atoms with Crippen molar-refractivity contribution < 1.29 is 4.39 Å². The molecule has 1 unspecified atom stereocenters. The molecule has 0 fully saturated rings. The Balaban J connectivity index is 2.16. The number of nitrogens with one attached hydrogen (secondary N) is 1. The summed E-state index contributed by atoms with van der Waals surface area (Å²) in [4.78, 5) is 0. The van der Waals surface area contributed by atoms with E-state index in [1.807, 2.05) is 24.3 Å². The molecule has 0 aliphatic carbocycles. The molecule has 0 saturated heterocycles. The van der Waals surface area contributed by atoms with Crippen LogP contribution in [-0.4, -0.2) is 0 Å². The minimum absolute atomic E-state index is 0.287. The molecule has 0 aliphatic heterocycles. The lowest BCUT2D eigenvalue weighted by atomic mass is 9.99. The van der Waals surface area contributed by atoms with Gasteiger partial charge >= 0.3 is 0 Å². The van der Waals surface area contributed by atoms with Gasteiger partial charge in [0.2, 0.25) is 0 Å². The van der Waals surface area contributed by atoms with Gasteiger partial charge in [0.15, 0.2) is 0 Å². The highest BCUT2D eigenvalue weighted by atomic mass is 19.1. The van der Waals surface area contributed by atoms with Crippen molar-refractivity contribution in [3.8, 4) is 6.07 Å². The molecular weight excluding hydrogens is 251 g/mol. The van der Waals surface area contributed by atoms with E-state index in [0.717, 1.165) is 11.3 Å². The molecule has 2 aromatic carbocycles. The van der Waals surface area contributed by atoms with Crippen LogP contribution < -0.4 is 5.32 Å². The van der Waals surface area contributed by atoms with Crippen LogP contribution in [0.25, 0.3) is 0 Å². The molecule has 0 aliphatic rings. The van der Waals surface area contributed by atoms with E-state index in [1.54, 1.807) is 12.1 Å². The molecule has 20 heavy (non-hydrogen) atoms. The van der Waals surface area contributed by atoms with Crippen LogP contribution in [0.4, 0.5) is 10.1 Å². The zero-order valence-electron chi connectivity index (χ0n) is 11.6. The summed E-state index contributed by atoms with van der Waals surface area (Å²) in [5.41, 5.74) is 2.87. The third-order valence-corrected chi connectivity index (χ3v) is 3.22. The summed E-state index contributed by atoms with van der Waals surface area (Å²) in [7, 11) is 0. The topological polar surface area (TPSA) is 35.8 Å². The predicted molar refractivity (Wildman–Crippen MR) is 78.9 cm³/mol. The number of hydrogen-bond donors (Lipinski definition) is 1. The number of anilines is 1. The molecular formula is C17H17FN2. The van der Waals surface area contributed by atoms with E-state index in [9.17, 15) is 9.65 Å². The van der Waals surface area contributed by atoms with Gasteiger partial charge in [0, 0.05) is 5.69 Å². The fourth-order valence-corrected chi connectivity index (χ4v) is 1.98. The van der Waals surface area contributed by atoms with Gasteiger partial charge in [-0.15, -0.1) is 0 Å². The van der Waals surface area contributed by atoms with E-state index in [2.05, 4.69) is 25.2 Å². The summed E-state index contributed by atoms with van der Waals surface area (Å²) in [5, 5.41) is 12.4. The molecule has 2 aromatic rings. The summed E-state index contributed by atoms with van der Waals surface area (Å²) < 4.78 is 12.9. The molecule has 0 amide bonds. The number of nitrogens with zero attached hydrogens (tertiary/aromatic N) is 1. The Morgan fingerprint density at radius 1 is 0.950 bits per heavy atom. The van der Waals surface area contributed by atoms with Crippen molar-refractivity contribution in [1.82, 2.24) is 0 Å². The second-order valence-corrected chi connectivity index (χ2v) is 5.03. The van der Waals surface area contributed by atoms with Gasteiger partial charge in [-0.05, 0) is 41.3 Å². The van der Waals surface area contributed by atoms with E-state index in [-0.39, 0.29) is 5.82 Å². The largest absolute Gasteiger partial charge is 0.366 e. The Morgan fingerprint density at radius 2 is 1.50 bits per heavy atom. The van der Waals surface area contributed by atoms with Crippen molar-refractivity contribution >= 4 is 5.69 Å². The van der Waals surface area contributed by atoms with Crippen LogP contribution in [0.15, 0.2) is 48.5 Å². The molecule has 0 heterocycles. The highest BCUT2D eigenvalue weighted by molar-refractivity contribution is 5.47. The first kappa shape index (κ1) is 14.1. The Hall–Kier alpha value is -2.34. The highest BCUT2D eigenvalue weighted by Crippen LogP contribution is 2.22. The van der Waals surface area contributed by atoms with Crippen LogP contribution in [0.1, 0.15) is 36.9 Å². The maximum absolute atomic E-state index is 12.9. The monoisotopic (exact) mass is 268 g/mol. The molecule has 2 nitrogen and oxygen atoms in total. The second-order valence-electron chi connectivity index (χ2n) is 5.03. The van der Waals surface area contributed by atoms with Gasteiger partial charge in [-0.1, -0.05) is 38.1 Å². The zero-order chi connectivity index (χ0) is 14.5. The first-order valence-corrected chi connectivity index (χ1v) is 6.61. The molecule has 0 spiro atoms. The first-order valence-electron chi connectivity index (χ1n) is 6.61. The van der Waals surface area contributed by atoms with Crippen LogP contribution in [0, 0.1) is 17.1 Å². The molecule has 0 bridgehead atoms. The molecule has 2 rings (SSSR count). The molecule has 102 valence electrons. The zero-order valence-corrected chi connectivity index (χ0v) is 11.6. The third kappa shape index (κ3) is 3.36. The average Bonchev–Trinajstić information content (AvgIpc) is 2.47. The van der Waals surface area contributed by atoms with Crippen LogP contribution in [-0.2, 0) is 0 Å². The van der Waals surface area contributed by atoms with Gasteiger partial charge in [0.1, 0.15) is 11.9 Å². The quantitative estimate of drug-likeness (QED) is 0.877. The lowest BCUT2D eigenvalue weighted by Crippen LogP contribution is -2.08. The maximum Gasteiger partial charge on any atom is 0.140 e. The fraction of sp³-hybridized carbons (Fsp3) is 0.235. The lowest BCUT2D eigenvalue weighted by molar-refractivity contribution is 0.628. The molecule has 0 radical (unpaired) electrons. The van der Waals surface area contributed by atoms with E-state index < -0.39 is 6.04 Å². The number of rotatable bonds is 4. The molecule has 1 atom stereocenters. The summed E-state index contributed by atoms with van der Waals surface area (Å²) in [5.74, 6) is 0.181. The highest BCUT2D eigenvalue weighted by Gasteiger charge is 2.10. The van der Waals surface area contributed by atoms with Gasteiger partial charge < -0.3 is 5.32 Å². The summed E-state index contributed by atoms with van der Waals surface area (Å²) in [6, 6.07) is 15.8. The van der Waals surface area contributed by atoms with Crippen molar-refractivity contribution in [2.75, 3.05) is 5.32 Å². The van der Waals surface area contributed by atoms with Crippen molar-refractivity contribution in [1.29, 1.82) is 5.26 Å². The summed E-state index contributed by atoms with van der Waals surface area (Å²) >= 11 is 0. The van der Waals surface area contributed by atoms with E-state index in [4.69, 9.17) is 0 Å². The standard InChI is InChI=1S/C17H17FN2/c1-12(2)13-3-5-14(6-4-13)17(11-19)20-16-9-7-15(18)8-10-16/h3-10,12,17,20H,1-2H3. The lowest BCUT2D eigenvalue weighted by Gasteiger charge is -2.14. The predicted octanol–water partition coefficient (Wildman–Crippen LogP) is 4.63. The average molecular weight is 268 g/mol. The van der Waals surface area contributed by atoms with Crippen LogP contribution in [0.2, 0.25) is 0 Å². The maximum atomic E-state index is 12.9. The number of benzene rings is 2. The molecule has 1 N–H and O–H groups in total. The first-order chi connectivity index (χ1) is 9.60. The number of halogens is 1. The van der Waals surface area contributed by atoms with Gasteiger partial charge in [0.05, 0.1) is 6.07 Å². The molecule has 0 saturated carbocycles. The van der Waals surface area contributed by atoms with Gasteiger partial charge in [0.25, 0.3) is 0 Å². The second kappa shape index (κ2) is 6.21. The van der Waals surface area contributed by atoms with Gasteiger partial charge in [-0.3, -0.25) is 0 Å². The fourth-order valence-electron chi connectivity index (χ4n) is 1.98. The summed E-state index contributed by atoms with van der Waals surface area (Å²) in [6.07, 6.45) is 0. The van der Waals surface area contributed by atoms with Gasteiger partial charge in [-0.2, -0.15) is 5.26 Å². The number of hydrogen-bond acceptors (Lipinski definition) is 2. The molecule has 3 heteroatoms. The Labute approximate surface area is 118 Å².